The standard InChI is InChI=1S/C23H20F3NO4/c1-13-7-8-15(14-5-4-6-16(11-14)23(24,25)26)12-17(13)18-19(30-21(27)29)22(31-20(18)28)9-2-3-10-22/h4-8,11-12H,2-3,9-10H2,1H3,(H2,27,29). The van der Waals surface area contributed by atoms with Crippen LogP contribution in [-0.2, 0) is 20.4 Å². The number of benzene rings is 2. The number of primary amides is 1. The molecule has 2 aliphatic rings. The predicted octanol–water partition coefficient (Wildman–Crippen LogP) is 5.36. The van der Waals surface area contributed by atoms with Gasteiger partial charge >= 0.3 is 18.2 Å². The van der Waals surface area contributed by atoms with Crippen LogP contribution in [0.4, 0.5) is 18.0 Å². The zero-order chi connectivity index (χ0) is 22.4. The van der Waals surface area contributed by atoms with Crippen molar-refractivity contribution in [2.45, 2.75) is 44.4 Å². The molecule has 0 bridgehead atoms. The summed E-state index contributed by atoms with van der Waals surface area (Å²) in [6.45, 7) is 1.76. The Balaban J connectivity index is 1.86. The average molecular weight is 431 g/mol. The summed E-state index contributed by atoms with van der Waals surface area (Å²) in [7, 11) is 0. The molecule has 1 heterocycles. The van der Waals surface area contributed by atoms with Crippen LogP contribution in [0, 0.1) is 6.92 Å². The van der Waals surface area contributed by atoms with Gasteiger partial charge in [0, 0.05) is 0 Å². The number of alkyl halides is 3. The molecular weight excluding hydrogens is 411 g/mol. The van der Waals surface area contributed by atoms with Crippen LogP contribution in [0.15, 0.2) is 48.2 Å². The third-order valence-corrected chi connectivity index (χ3v) is 5.78. The van der Waals surface area contributed by atoms with Crippen LogP contribution in [0.3, 0.4) is 0 Å². The first-order valence-electron chi connectivity index (χ1n) is 9.85. The number of nitrogens with two attached hydrogens (primary N) is 1. The van der Waals surface area contributed by atoms with Gasteiger partial charge in [-0.3, -0.25) is 0 Å². The molecule has 1 aliphatic carbocycles. The molecule has 1 aliphatic heterocycles. The van der Waals surface area contributed by atoms with Gasteiger partial charge in [0.15, 0.2) is 11.4 Å². The fraction of sp³-hybridized carbons (Fsp3) is 0.304. The number of halogens is 3. The third-order valence-electron chi connectivity index (χ3n) is 5.78. The van der Waals surface area contributed by atoms with E-state index in [1.54, 1.807) is 31.2 Å². The van der Waals surface area contributed by atoms with Crippen molar-refractivity contribution in [3.05, 3.63) is 64.9 Å². The molecule has 4 rings (SSSR count). The Morgan fingerprint density at radius 2 is 1.77 bits per heavy atom. The van der Waals surface area contributed by atoms with Crippen LogP contribution in [0.5, 0.6) is 0 Å². The number of carbonyl (C=O) groups excluding carboxylic acids is 2. The molecule has 31 heavy (non-hydrogen) atoms. The highest BCUT2D eigenvalue weighted by Gasteiger charge is 2.52. The zero-order valence-electron chi connectivity index (χ0n) is 16.7. The lowest BCUT2D eigenvalue weighted by atomic mass is 9.91. The van der Waals surface area contributed by atoms with Crippen molar-refractivity contribution >= 4 is 17.6 Å². The minimum Gasteiger partial charge on any atom is -0.447 e. The van der Waals surface area contributed by atoms with E-state index in [1.165, 1.54) is 6.07 Å². The van der Waals surface area contributed by atoms with Crippen LogP contribution >= 0.6 is 0 Å². The molecule has 0 atom stereocenters. The fourth-order valence-corrected chi connectivity index (χ4v) is 4.29. The maximum absolute atomic E-state index is 13.1. The van der Waals surface area contributed by atoms with E-state index in [4.69, 9.17) is 15.2 Å². The SMILES string of the molecule is Cc1ccc(-c2cccc(C(F)(F)F)c2)cc1C1=C(OC(N)=O)C2(CCCC2)OC1=O. The van der Waals surface area contributed by atoms with E-state index in [1.807, 2.05) is 0 Å². The minimum absolute atomic E-state index is 0.0896. The maximum atomic E-state index is 13.1. The number of hydrogen-bond acceptors (Lipinski definition) is 4. The monoisotopic (exact) mass is 431 g/mol. The molecule has 5 nitrogen and oxygen atoms in total. The summed E-state index contributed by atoms with van der Waals surface area (Å²) in [5, 5.41) is 0. The first-order valence-corrected chi connectivity index (χ1v) is 9.85. The normalized spacial score (nSPS) is 17.9. The smallest absolute Gasteiger partial charge is 0.416 e. The first-order chi connectivity index (χ1) is 14.6. The van der Waals surface area contributed by atoms with E-state index in [-0.39, 0.29) is 11.3 Å². The summed E-state index contributed by atoms with van der Waals surface area (Å²) in [5.74, 6) is -0.547. The van der Waals surface area contributed by atoms with Gasteiger partial charge in [-0.15, -0.1) is 0 Å². The van der Waals surface area contributed by atoms with Crippen LogP contribution in [0.2, 0.25) is 0 Å². The van der Waals surface area contributed by atoms with Gasteiger partial charge in [-0.05, 0) is 73.1 Å². The highest BCUT2D eigenvalue weighted by atomic mass is 19.4. The number of rotatable bonds is 3. The molecule has 1 fully saturated rings. The minimum atomic E-state index is -4.47. The summed E-state index contributed by atoms with van der Waals surface area (Å²) < 4.78 is 50.3. The summed E-state index contributed by atoms with van der Waals surface area (Å²) >= 11 is 0. The highest BCUT2D eigenvalue weighted by Crippen LogP contribution is 2.49. The Hall–Kier alpha value is -3.29. The Bertz CT molecular complexity index is 1100. The molecule has 1 spiro atoms. The van der Waals surface area contributed by atoms with Crippen LogP contribution in [0.1, 0.15) is 42.4 Å². The van der Waals surface area contributed by atoms with E-state index in [0.29, 0.717) is 35.1 Å². The Kier molecular flexibility index (Phi) is 5.03. The van der Waals surface area contributed by atoms with Gasteiger partial charge in [0.1, 0.15) is 5.57 Å². The van der Waals surface area contributed by atoms with Gasteiger partial charge in [0.2, 0.25) is 0 Å². The topological polar surface area (TPSA) is 78.6 Å². The van der Waals surface area contributed by atoms with Crippen molar-refractivity contribution in [1.82, 2.24) is 0 Å². The molecule has 0 saturated heterocycles. The molecule has 1 saturated carbocycles. The number of amides is 1. The fourth-order valence-electron chi connectivity index (χ4n) is 4.29. The van der Waals surface area contributed by atoms with Gasteiger partial charge in [-0.25, -0.2) is 9.59 Å². The Labute approximate surface area is 176 Å². The molecule has 162 valence electrons. The maximum Gasteiger partial charge on any atom is 0.416 e. The van der Waals surface area contributed by atoms with Crippen LogP contribution in [0.25, 0.3) is 16.7 Å². The Morgan fingerprint density at radius 1 is 1.10 bits per heavy atom. The van der Waals surface area contributed by atoms with Crippen molar-refractivity contribution in [2.24, 2.45) is 5.73 Å². The highest BCUT2D eigenvalue weighted by molar-refractivity contribution is 6.20. The second kappa shape index (κ2) is 7.44. The van der Waals surface area contributed by atoms with Crippen molar-refractivity contribution in [1.29, 1.82) is 0 Å². The summed E-state index contributed by atoms with van der Waals surface area (Å²) in [5.41, 5.74) is 5.49. The second-order valence-corrected chi connectivity index (χ2v) is 7.82. The molecule has 1 amide bonds. The largest absolute Gasteiger partial charge is 0.447 e. The van der Waals surface area contributed by atoms with Gasteiger partial charge in [0.05, 0.1) is 5.56 Å². The number of carbonyl (C=O) groups is 2. The number of hydrogen-bond donors (Lipinski definition) is 1. The Morgan fingerprint density at radius 3 is 2.42 bits per heavy atom. The lowest BCUT2D eigenvalue weighted by molar-refractivity contribution is -0.146. The van der Waals surface area contributed by atoms with Gasteiger partial charge in [-0.1, -0.05) is 24.3 Å². The number of aryl methyl sites for hydroxylation is 1. The lowest BCUT2D eigenvalue weighted by Gasteiger charge is -2.24. The molecule has 0 radical (unpaired) electrons. The lowest BCUT2D eigenvalue weighted by Crippen LogP contribution is -2.31. The quantitative estimate of drug-likeness (QED) is 0.664. The number of ether oxygens (including phenoxy) is 2. The van der Waals surface area contributed by atoms with E-state index >= 15 is 0 Å². The number of esters is 1. The molecule has 0 aromatic heterocycles. The second-order valence-electron chi connectivity index (χ2n) is 7.82. The van der Waals surface area contributed by atoms with Crippen molar-refractivity contribution in [3.8, 4) is 11.1 Å². The first kappa shape index (κ1) is 21.0. The van der Waals surface area contributed by atoms with Crippen molar-refractivity contribution in [3.63, 3.8) is 0 Å². The van der Waals surface area contributed by atoms with Crippen LogP contribution in [-0.4, -0.2) is 17.7 Å². The summed E-state index contributed by atoms with van der Waals surface area (Å²) in [6, 6.07) is 9.93. The van der Waals surface area contributed by atoms with E-state index in [9.17, 15) is 22.8 Å². The van der Waals surface area contributed by atoms with Gasteiger partial charge in [-0.2, -0.15) is 13.2 Å². The van der Waals surface area contributed by atoms with Gasteiger partial charge < -0.3 is 15.2 Å². The third kappa shape index (κ3) is 3.78. The molecule has 8 heteroatoms. The van der Waals surface area contributed by atoms with E-state index in [2.05, 4.69) is 0 Å². The molecule has 2 aromatic rings. The molecular formula is C23H20F3NO4. The summed E-state index contributed by atoms with van der Waals surface area (Å²) in [4.78, 5) is 24.4. The molecule has 0 unspecified atom stereocenters. The predicted molar refractivity (Wildman–Crippen MR) is 106 cm³/mol. The zero-order valence-corrected chi connectivity index (χ0v) is 16.7. The van der Waals surface area contributed by atoms with E-state index < -0.39 is 29.4 Å². The van der Waals surface area contributed by atoms with E-state index in [0.717, 1.165) is 25.0 Å². The molecule has 2 aromatic carbocycles. The average Bonchev–Trinajstić information content (AvgIpc) is 3.27. The van der Waals surface area contributed by atoms with Crippen molar-refractivity contribution < 1.29 is 32.2 Å². The van der Waals surface area contributed by atoms with Crippen molar-refractivity contribution in [2.75, 3.05) is 0 Å². The van der Waals surface area contributed by atoms with Crippen LogP contribution < -0.4 is 5.73 Å². The molecule has 2 N–H and O–H groups in total. The summed E-state index contributed by atoms with van der Waals surface area (Å²) in [6.07, 6.45) is -2.90. The van der Waals surface area contributed by atoms with Gasteiger partial charge in [0.25, 0.3) is 0 Å².